The van der Waals surface area contributed by atoms with E-state index in [1.165, 1.54) is 6.07 Å². The van der Waals surface area contributed by atoms with E-state index in [0.29, 0.717) is 34.1 Å². The number of nitrogen functional groups attached to an aromatic ring is 1. The van der Waals surface area contributed by atoms with Crippen LogP contribution in [0.5, 0.6) is 0 Å². The van der Waals surface area contributed by atoms with Crippen molar-refractivity contribution in [2.24, 2.45) is 0 Å². The largest absolute Gasteiger partial charge is 0.382 e. The first-order chi connectivity index (χ1) is 8.06. The van der Waals surface area contributed by atoms with E-state index in [9.17, 15) is 0 Å². The van der Waals surface area contributed by atoms with Gasteiger partial charge in [-0.05, 0) is 6.07 Å². The van der Waals surface area contributed by atoms with Crippen LogP contribution in [0.4, 0.5) is 11.6 Å². The first-order valence-electron chi connectivity index (χ1n) is 4.71. The highest BCUT2D eigenvalue weighted by atomic mass is 35.5. The Labute approximate surface area is 107 Å². The zero-order valence-corrected chi connectivity index (χ0v) is 10.4. The Balaban J connectivity index is 2.11. The molecule has 2 rings (SSSR count). The fraction of sp³-hybridized carbons (Fsp3) is 0.222. The maximum atomic E-state index is 5.94. The Bertz CT molecular complexity index is 542. The number of halogens is 2. The summed E-state index contributed by atoms with van der Waals surface area (Å²) in [5.41, 5.74) is 5.57. The summed E-state index contributed by atoms with van der Waals surface area (Å²) >= 11 is 11.7. The topological polar surface area (TPSA) is 89.9 Å². The molecule has 0 aliphatic carbocycles. The lowest BCUT2D eigenvalue weighted by atomic mass is 10.4. The van der Waals surface area contributed by atoms with Gasteiger partial charge in [-0.15, -0.1) is 0 Å². The predicted octanol–water partition coefficient (Wildman–Crippen LogP) is 2.27. The maximum Gasteiger partial charge on any atom is 0.223 e. The van der Waals surface area contributed by atoms with Crippen molar-refractivity contribution in [1.82, 2.24) is 15.1 Å². The van der Waals surface area contributed by atoms with E-state index in [1.54, 1.807) is 6.92 Å². The van der Waals surface area contributed by atoms with Crippen LogP contribution in [0, 0.1) is 6.92 Å². The number of pyridine rings is 1. The van der Waals surface area contributed by atoms with Crippen LogP contribution < -0.4 is 11.1 Å². The Morgan fingerprint density at radius 3 is 2.76 bits per heavy atom. The second kappa shape index (κ2) is 4.77. The number of nitrogens with two attached hydrogens (primary N) is 1. The number of rotatable bonds is 3. The summed E-state index contributed by atoms with van der Waals surface area (Å²) < 4.78 is 4.83. The summed E-state index contributed by atoms with van der Waals surface area (Å²) in [5, 5.41) is 7.36. The van der Waals surface area contributed by atoms with E-state index in [0.717, 1.165) is 0 Å². The molecule has 8 heteroatoms. The molecule has 0 spiro atoms. The fourth-order valence-electron chi connectivity index (χ4n) is 1.18. The third-order valence-electron chi connectivity index (χ3n) is 1.94. The van der Waals surface area contributed by atoms with Gasteiger partial charge >= 0.3 is 0 Å². The zero-order chi connectivity index (χ0) is 12.4. The third kappa shape index (κ3) is 2.78. The normalized spacial score (nSPS) is 10.5. The quantitative estimate of drug-likeness (QED) is 0.892. The van der Waals surface area contributed by atoms with Crippen molar-refractivity contribution in [2.75, 3.05) is 11.1 Å². The summed E-state index contributed by atoms with van der Waals surface area (Å²) in [6.45, 7) is 2.05. The smallest absolute Gasteiger partial charge is 0.223 e. The first-order valence-corrected chi connectivity index (χ1v) is 5.46. The van der Waals surface area contributed by atoms with Crippen LogP contribution in [0.3, 0.4) is 0 Å². The Morgan fingerprint density at radius 1 is 1.35 bits per heavy atom. The highest BCUT2D eigenvalue weighted by molar-refractivity contribution is 6.37. The van der Waals surface area contributed by atoms with Gasteiger partial charge in [0.25, 0.3) is 0 Å². The number of nitrogens with one attached hydrogen (secondary N) is 1. The van der Waals surface area contributed by atoms with Gasteiger partial charge in [-0.25, -0.2) is 4.98 Å². The zero-order valence-electron chi connectivity index (χ0n) is 8.87. The van der Waals surface area contributed by atoms with Gasteiger partial charge in [0, 0.05) is 6.92 Å². The summed E-state index contributed by atoms with van der Waals surface area (Å²) in [4.78, 5) is 8.04. The number of hydrogen-bond donors (Lipinski definition) is 2. The lowest BCUT2D eigenvalue weighted by Crippen LogP contribution is -2.05. The van der Waals surface area contributed by atoms with Gasteiger partial charge in [-0.3, -0.25) is 0 Å². The molecule has 0 atom stereocenters. The molecule has 0 fully saturated rings. The van der Waals surface area contributed by atoms with E-state index in [-0.39, 0.29) is 5.82 Å². The van der Waals surface area contributed by atoms with Gasteiger partial charge in [0.05, 0.1) is 16.6 Å². The molecule has 0 amide bonds. The molecule has 2 heterocycles. The summed E-state index contributed by atoms with van der Waals surface area (Å²) in [5.74, 6) is 1.64. The van der Waals surface area contributed by atoms with Gasteiger partial charge < -0.3 is 15.6 Å². The number of hydrogen-bond acceptors (Lipinski definition) is 6. The molecule has 17 heavy (non-hydrogen) atoms. The first kappa shape index (κ1) is 11.9. The number of aryl methyl sites for hydroxylation is 1. The van der Waals surface area contributed by atoms with Crippen molar-refractivity contribution in [3.05, 3.63) is 27.8 Å². The van der Waals surface area contributed by atoms with E-state index in [4.69, 9.17) is 33.5 Å². The molecule has 0 unspecified atom stereocenters. The molecule has 0 aliphatic rings. The Kier molecular flexibility index (Phi) is 3.35. The predicted molar refractivity (Wildman–Crippen MR) is 65.0 cm³/mol. The lowest BCUT2D eigenvalue weighted by Gasteiger charge is -2.06. The van der Waals surface area contributed by atoms with E-state index in [1.807, 2.05) is 0 Å². The van der Waals surface area contributed by atoms with Crippen molar-refractivity contribution in [1.29, 1.82) is 0 Å². The highest BCUT2D eigenvalue weighted by Crippen LogP contribution is 2.27. The number of nitrogens with zero attached hydrogens (tertiary/aromatic N) is 3. The standard InChI is InChI=1S/C9H9Cl2N5O/c1-4-14-7(16-17-4)3-13-9-6(11)2-5(10)8(12)15-9/h2H,3H2,1H3,(H3,12,13,15). The van der Waals surface area contributed by atoms with Crippen LogP contribution in [-0.2, 0) is 6.54 Å². The molecule has 0 saturated carbocycles. The van der Waals surface area contributed by atoms with Gasteiger partial charge in [-0.1, -0.05) is 28.4 Å². The third-order valence-corrected chi connectivity index (χ3v) is 2.53. The molecule has 0 aromatic carbocycles. The second-order valence-corrected chi connectivity index (χ2v) is 4.08. The molecule has 2 aromatic heterocycles. The molecule has 0 saturated heterocycles. The Morgan fingerprint density at radius 2 is 2.12 bits per heavy atom. The van der Waals surface area contributed by atoms with Crippen molar-refractivity contribution < 1.29 is 4.52 Å². The van der Waals surface area contributed by atoms with Gasteiger partial charge in [0.1, 0.15) is 11.6 Å². The highest BCUT2D eigenvalue weighted by Gasteiger charge is 2.08. The van der Waals surface area contributed by atoms with Crippen LogP contribution in [0.25, 0.3) is 0 Å². The van der Waals surface area contributed by atoms with E-state index in [2.05, 4.69) is 20.4 Å². The molecule has 0 bridgehead atoms. The average molecular weight is 274 g/mol. The molecule has 0 aliphatic heterocycles. The Hall–Kier alpha value is -1.53. The monoisotopic (exact) mass is 273 g/mol. The van der Waals surface area contributed by atoms with Crippen molar-refractivity contribution in [3.8, 4) is 0 Å². The minimum atomic E-state index is 0.211. The minimum absolute atomic E-state index is 0.211. The van der Waals surface area contributed by atoms with Crippen molar-refractivity contribution >= 4 is 34.8 Å². The van der Waals surface area contributed by atoms with Crippen molar-refractivity contribution in [2.45, 2.75) is 13.5 Å². The summed E-state index contributed by atoms with van der Waals surface area (Å²) in [6.07, 6.45) is 0. The van der Waals surface area contributed by atoms with Gasteiger partial charge in [-0.2, -0.15) is 4.98 Å². The fourth-order valence-corrected chi connectivity index (χ4v) is 1.61. The maximum absolute atomic E-state index is 5.94. The van der Waals surface area contributed by atoms with Crippen LogP contribution in [-0.4, -0.2) is 15.1 Å². The second-order valence-electron chi connectivity index (χ2n) is 3.27. The molecule has 90 valence electrons. The number of anilines is 2. The van der Waals surface area contributed by atoms with Crippen molar-refractivity contribution in [3.63, 3.8) is 0 Å². The van der Waals surface area contributed by atoms with Gasteiger partial charge in [0.15, 0.2) is 5.82 Å². The summed E-state index contributed by atoms with van der Waals surface area (Å²) in [7, 11) is 0. The van der Waals surface area contributed by atoms with Crippen LogP contribution in [0.15, 0.2) is 10.6 Å². The molecule has 0 radical (unpaired) electrons. The molecule has 6 nitrogen and oxygen atoms in total. The van der Waals surface area contributed by atoms with E-state index >= 15 is 0 Å². The summed E-state index contributed by atoms with van der Waals surface area (Å²) in [6, 6.07) is 1.52. The molecule has 2 aromatic rings. The lowest BCUT2D eigenvalue weighted by molar-refractivity contribution is 0.388. The van der Waals surface area contributed by atoms with Gasteiger partial charge in [0.2, 0.25) is 5.89 Å². The van der Waals surface area contributed by atoms with Crippen LogP contribution in [0.1, 0.15) is 11.7 Å². The van der Waals surface area contributed by atoms with Crippen LogP contribution >= 0.6 is 23.2 Å². The van der Waals surface area contributed by atoms with Crippen LogP contribution in [0.2, 0.25) is 10.0 Å². The minimum Gasteiger partial charge on any atom is -0.382 e. The SMILES string of the molecule is Cc1nc(CNc2nc(N)c(Cl)cc2Cl)no1. The number of aromatic nitrogens is 3. The molecular formula is C9H9Cl2N5O. The average Bonchev–Trinajstić information content (AvgIpc) is 2.68. The molecule has 3 N–H and O–H groups in total. The van der Waals surface area contributed by atoms with E-state index < -0.39 is 0 Å². The molecular weight excluding hydrogens is 265 g/mol.